The number of aromatic nitrogens is 4. The summed E-state index contributed by atoms with van der Waals surface area (Å²) in [5, 5.41) is 21.3. The van der Waals surface area contributed by atoms with Crippen LogP contribution < -0.4 is 10.1 Å². The molecule has 0 saturated heterocycles. The standard InChI is InChI=1S/C18H18N6O4/c1-2-9-28-18-13(5-4-8-19-18)11-20-17(25)16-12-23(22-21-16)14-6-3-7-15(10-14)24(26)27/h3-8,10,12H,2,9,11H2,1H3,(H,20,25). The van der Waals surface area contributed by atoms with Gasteiger partial charge in [0.2, 0.25) is 5.88 Å². The van der Waals surface area contributed by atoms with Crippen LogP contribution in [-0.2, 0) is 6.54 Å². The number of nitro benzene ring substituents is 1. The van der Waals surface area contributed by atoms with Crippen molar-refractivity contribution in [3.8, 4) is 11.6 Å². The van der Waals surface area contributed by atoms with Gasteiger partial charge in [-0.15, -0.1) is 5.10 Å². The van der Waals surface area contributed by atoms with Crippen LogP contribution in [0.3, 0.4) is 0 Å². The minimum Gasteiger partial charge on any atom is -0.477 e. The second kappa shape index (κ2) is 8.71. The van der Waals surface area contributed by atoms with Gasteiger partial charge >= 0.3 is 0 Å². The van der Waals surface area contributed by atoms with Gasteiger partial charge in [0.25, 0.3) is 11.6 Å². The molecule has 0 atom stereocenters. The molecule has 0 saturated carbocycles. The fraction of sp³-hybridized carbons (Fsp3) is 0.222. The summed E-state index contributed by atoms with van der Waals surface area (Å²) in [5.74, 6) is 0.0480. The molecule has 10 heteroatoms. The Bertz CT molecular complexity index is 987. The van der Waals surface area contributed by atoms with E-state index in [2.05, 4.69) is 20.6 Å². The third-order valence-corrected chi connectivity index (χ3v) is 3.76. The first-order valence-corrected chi connectivity index (χ1v) is 8.60. The molecule has 0 fully saturated rings. The number of non-ortho nitro benzene ring substituents is 1. The first-order valence-electron chi connectivity index (χ1n) is 8.60. The van der Waals surface area contributed by atoms with Crippen LogP contribution in [0, 0.1) is 10.1 Å². The van der Waals surface area contributed by atoms with Gasteiger partial charge in [0.05, 0.1) is 23.4 Å². The van der Waals surface area contributed by atoms with E-state index in [1.165, 1.54) is 29.1 Å². The van der Waals surface area contributed by atoms with E-state index < -0.39 is 10.8 Å². The molecule has 0 unspecified atom stereocenters. The molecular weight excluding hydrogens is 364 g/mol. The molecule has 3 rings (SSSR count). The van der Waals surface area contributed by atoms with E-state index in [0.29, 0.717) is 18.2 Å². The summed E-state index contributed by atoms with van der Waals surface area (Å²) >= 11 is 0. The number of benzene rings is 1. The lowest BCUT2D eigenvalue weighted by atomic mass is 10.2. The van der Waals surface area contributed by atoms with Crippen molar-refractivity contribution in [1.82, 2.24) is 25.3 Å². The fourth-order valence-corrected chi connectivity index (χ4v) is 2.40. The van der Waals surface area contributed by atoms with Crippen LogP contribution in [0.4, 0.5) is 5.69 Å². The van der Waals surface area contributed by atoms with Crippen molar-refractivity contribution >= 4 is 11.6 Å². The van der Waals surface area contributed by atoms with Crippen LogP contribution in [0.1, 0.15) is 29.4 Å². The average Bonchev–Trinajstić information content (AvgIpc) is 3.21. The summed E-state index contributed by atoms with van der Waals surface area (Å²) < 4.78 is 6.87. The summed E-state index contributed by atoms with van der Waals surface area (Å²) in [6, 6.07) is 9.48. The Hall–Kier alpha value is -3.82. The highest BCUT2D eigenvalue weighted by atomic mass is 16.6. The average molecular weight is 382 g/mol. The number of nitro groups is 1. The number of nitrogens with zero attached hydrogens (tertiary/aromatic N) is 5. The number of carbonyl (C=O) groups is 1. The summed E-state index contributed by atoms with van der Waals surface area (Å²) in [5.41, 5.74) is 1.19. The highest BCUT2D eigenvalue weighted by molar-refractivity contribution is 5.91. The van der Waals surface area contributed by atoms with Crippen LogP contribution in [-0.4, -0.2) is 37.4 Å². The van der Waals surface area contributed by atoms with Gasteiger partial charge in [-0.1, -0.05) is 24.3 Å². The first kappa shape index (κ1) is 19.0. The van der Waals surface area contributed by atoms with E-state index >= 15 is 0 Å². The zero-order valence-corrected chi connectivity index (χ0v) is 15.1. The minimum atomic E-state index is -0.500. The fourth-order valence-electron chi connectivity index (χ4n) is 2.40. The number of rotatable bonds is 8. The monoisotopic (exact) mass is 382 g/mol. The topological polar surface area (TPSA) is 125 Å². The van der Waals surface area contributed by atoms with Crippen LogP contribution in [0.25, 0.3) is 5.69 Å². The second-order valence-electron chi connectivity index (χ2n) is 5.82. The van der Waals surface area contributed by atoms with E-state index in [1.807, 2.05) is 13.0 Å². The van der Waals surface area contributed by atoms with Gasteiger partial charge in [0, 0.05) is 30.4 Å². The SMILES string of the molecule is CCCOc1ncccc1CNC(=O)c1cn(-c2cccc([N+](=O)[O-])c2)nn1. The second-order valence-corrected chi connectivity index (χ2v) is 5.82. The van der Waals surface area contributed by atoms with Crippen LogP contribution in [0.2, 0.25) is 0 Å². The maximum atomic E-state index is 12.4. The highest BCUT2D eigenvalue weighted by Gasteiger charge is 2.14. The minimum absolute atomic E-state index is 0.0739. The maximum absolute atomic E-state index is 12.4. The third-order valence-electron chi connectivity index (χ3n) is 3.76. The van der Waals surface area contributed by atoms with Gasteiger partial charge in [-0.2, -0.15) is 0 Å². The molecule has 0 aliphatic rings. The van der Waals surface area contributed by atoms with Crippen LogP contribution in [0.5, 0.6) is 5.88 Å². The number of carbonyl (C=O) groups excluding carboxylic acids is 1. The molecule has 2 heterocycles. The van der Waals surface area contributed by atoms with E-state index in [1.54, 1.807) is 18.3 Å². The Balaban J connectivity index is 1.68. The third kappa shape index (κ3) is 4.47. The van der Waals surface area contributed by atoms with Crippen LogP contribution >= 0.6 is 0 Å². The number of amides is 1. The van der Waals surface area contributed by atoms with Gasteiger partial charge in [0.15, 0.2) is 5.69 Å². The molecule has 0 aliphatic carbocycles. The molecule has 1 aromatic carbocycles. The Morgan fingerprint density at radius 3 is 2.96 bits per heavy atom. The van der Waals surface area contributed by atoms with E-state index in [0.717, 1.165) is 12.0 Å². The van der Waals surface area contributed by atoms with Crippen LogP contribution in [0.15, 0.2) is 48.8 Å². The van der Waals surface area contributed by atoms with Crippen molar-refractivity contribution in [2.45, 2.75) is 19.9 Å². The molecule has 1 amide bonds. The van der Waals surface area contributed by atoms with Crippen molar-refractivity contribution in [2.75, 3.05) is 6.61 Å². The lowest BCUT2D eigenvalue weighted by molar-refractivity contribution is -0.384. The predicted molar refractivity (Wildman–Crippen MR) is 99.2 cm³/mol. The van der Waals surface area contributed by atoms with Gasteiger partial charge in [-0.05, 0) is 18.6 Å². The Kier molecular flexibility index (Phi) is 5.90. The zero-order chi connectivity index (χ0) is 19.9. The Labute approximate surface area is 160 Å². The quantitative estimate of drug-likeness (QED) is 0.468. The molecular formula is C18H18N6O4. The summed E-state index contributed by atoms with van der Waals surface area (Å²) in [6.45, 7) is 2.75. The maximum Gasteiger partial charge on any atom is 0.273 e. The van der Waals surface area contributed by atoms with Gasteiger partial charge in [-0.3, -0.25) is 14.9 Å². The number of hydrogen-bond donors (Lipinski definition) is 1. The largest absolute Gasteiger partial charge is 0.477 e. The van der Waals surface area contributed by atoms with Crippen molar-refractivity contribution in [1.29, 1.82) is 0 Å². The van der Waals surface area contributed by atoms with E-state index in [9.17, 15) is 14.9 Å². The van der Waals surface area contributed by atoms with Crippen molar-refractivity contribution < 1.29 is 14.5 Å². The number of pyridine rings is 1. The van der Waals surface area contributed by atoms with Crippen molar-refractivity contribution in [2.24, 2.45) is 0 Å². The zero-order valence-electron chi connectivity index (χ0n) is 15.1. The molecule has 28 heavy (non-hydrogen) atoms. The molecule has 0 radical (unpaired) electrons. The molecule has 10 nitrogen and oxygen atoms in total. The molecule has 3 aromatic rings. The molecule has 0 bridgehead atoms. The number of hydrogen-bond acceptors (Lipinski definition) is 7. The lowest BCUT2D eigenvalue weighted by Crippen LogP contribution is -2.23. The summed E-state index contributed by atoms with van der Waals surface area (Å²) in [6.07, 6.45) is 3.89. The predicted octanol–water partition coefficient (Wildman–Crippen LogP) is 2.29. The smallest absolute Gasteiger partial charge is 0.273 e. The van der Waals surface area contributed by atoms with E-state index in [-0.39, 0.29) is 17.9 Å². The number of nitrogens with one attached hydrogen (secondary N) is 1. The van der Waals surface area contributed by atoms with Crippen molar-refractivity contribution in [3.63, 3.8) is 0 Å². The van der Waals surface area contributed by atoms with Gasteiger partial charge in [-0.25, -0.2) is 9.67 Å². The molecule has 2 aromatic heterocycles. The Morgan fingerprint density at radius 1 is 1.32 bits per heavy atom. The van der Waals surface area contributed by atoms with Crippen molar-refractivity contribution in [3.05, 3.63) is 70.2 Å². The molecule has 0 aliphatic heterocycles. The van der Waals surface area contributed by atoms with E-state index in [4.69, 9.17) is 4.74 Å². The van der Waals surface area contributed by atoms with Gasteiger partial charge in [0.1, 0.15) is 0 Å². The molecule has 1 N–H and O–H groups in total. The Morgan fingerprint density at radius 2 is 2.18 bits per heavy atom. The summed E-state index contributed by atoms with van der Waals surface area (Å²) in [4.78, 5) is 26.9. The normalized spacial score (nSPS) is 10.5. The molecule has 0 spiro atoms. The highest BCUT2D eigenvalue weighted by Crippen LogP contribution is 2.17. The summed E-state index contributed by atoms with van der Waals surface area (Å²) in [7, 11) is 0. The van der Waals surface area contributed by atoms with Gasteiger partial charge < -0.3 is 10.1 Å². The number of ether oxygens (including phenoxy) is 1. The molecule has 144 valence electrons. The first-order chi connectivity index (χ1) is 13.6. The lowest BCUT2D eigenvalue weighted by Gasteiger charge is -2.09.